The van der Waals surface area contributed by atoms with E-state index in [4.69, 9.17) is 9.84 Å². The van der Waals surface area contributed by atoms with Gasteiger partial charge in [-0.2, -0.15) is 0 Å². The van der Waals surface area contributed by atoms with Crippen LogP contribution >= 0.6 is 0 Å². The predicted octanol–water partition coefficient (Wildman–Crippen LogP) is 1.43. The Hall–Kier alpha value is -1.88. The second-order valence-corrected chi connectivity index (χ2v) is 5.07. The van der Waals surface area contributed by atoms with E-state index in [2.05, 4.69) is 5.32 Å². The van der Waals surface area contributed by atoms with Crippen molar-refractivity contribution in [1.29, 1.82) is 0 Å². The van der Waals surface area contributed by atoms with E-state index < -0.39 is 5.97 Å². The zero-order chi connectivity index (χ0) is 13.4. The number of amides is 1. The lowest BCUT2D eigenvalue weighted by Gasteiger charge is -2.20. The lowest BCUT2D eigenvalue weighted by Crippen LogP contribution is -2.41. The molecule has 0 aromatic heterocycles. The topological polar surface area (TPSA) is 75.6 Å². The Morgan fingerprint density at radius 1 is 1.16 bits per heavy atom. The molecule has 2 N–H and O–H groups in total. The van der Waals surface area contributed by atoms with Crippen molar-refractivity contribution < 1.29 is 19.4 Å². The van der Waals surface area contributed by atoms with Gasteiger partial charge in [0.05, 0.1) is 23.8 Å². The normalized spacial score (nSPS) is 28.3. The fourth-order valence-electron chi connectivity index (χ4n) is 2.81. The van der Waals surface area contributed by atoms with Gasteiger partial charge in [0, 0.05) is 5.56 Å². The summed E-state index contributed by atoms with van der Waals surface area (Å²) < 4.78 is 5.68. The molecule has 2 saturated heterocycles. The van der Waals surface area contributed by atoms with Gasteiger partial charge in [0.1, 0.15) is 0 Å². The Balaban J connectivity index is 1.65. The van der Waals surface area contributed by atoms with Gasteiger partial charge in [-0.15, -0.1) is 0 Å². The van der Waals surface area contributed by atoms with Crippen molar-refractivity contribution >= 4 is 11.9 Å². The number of carbonyl (C=O) groups is 2. The van der Waals surface area contributed by atoms with Crippen LogP contribution in [0, 0.1) is 0 Å². The summed E-state index contributed by atoms with van der Waals surface area (Å²) in [6.07, 6.45) is 3.42. The van der Waals surface area contributed by atoms with E-state index in [-0.39, 0.29) is 23.6 Å². The Labute approximate surface area is 110 Å². The molecule has 2 aliphatic heterocycles. The summed E-state index contributed by atoms with van der Waals surface area (Å²) in [6.45, 7) is 0. The first-order valence-electron chi connectivity index (χ1n) is 6.43. The van der Waals surface area contributed by atoms with E-state index >= 15 is 0 Å². The number of rotatable bonds is 3. The lowest BCUT2D eigenvalue weighted by atomic mass is 9.95. The zero-order valence-corrected chi connectivity index (χ0v) is 10.3. The third-order valence-electron chi connectivity index (χ3n) is 3.82. The first-order valence-corrected chi connectivity index (χ1v) is 6.43. The zero-order valence-electron chi connectivity index (χ0n) is 10.3. The first kappa shape index (κ1) is 12.2. The minimum absolute atomic E-state index is 0.0883. The summed E-state index contributed by atoms with van der Waals surface area (Å²) in [6, 6.07) is 6.04. The molecule has 0 unspecified atom stereocenters. The molecule has 100 valence electrons. The number of benzene rings is 1. The van der Waals surface area contributed by atoms with Gasteiger partial charge in [-0.1, -0.05) is 0 Å². The summed E-state index contributed by atoms with van der Waals surface area (Å²) in [4.78, 5) is 22.8. The molecule has 5 nitrogen and oxygen atoms in total. The summed E-state index contributed by atoms with van der Waals surface area (Å²) in [5.74, 6) is -1.16. The number of carbonyl (C=O) groups excluding carboxylic acids is 1. The number of fused-ring (bicyclic) bond motifs is 2. The SMILES string of the molecule is O=C(O)c1ccc(C(=O)N[C@@H]2C[C@H]3CC[C@@H]2O3)cc1. The summed E-state index contributed by atoms with van der Waals surface area (Å²) in [5.41, 5.74) is 0.660. The molecule has 19 heavy (non-hydrogen) atoms. The monoisotopic (exact) mass is 261 g/mol. The molecule has 1 amide bonds. The first-order chi connectivity index (χ1) is 9.13. The van der Waals surface area contributed by atoms with Gasteiger partial charge in [-0.3, -0.25) is 4.79 Å². The maximum absolute atomic E-state index is 12.0. The van der Waals surface area contributed by atoms with E-state index in [1.54, 1.807) is 0 Å². The Bertz CT molecular complexity index is 511. The van der Waals surface area contributed by atoms with Crippen molar-refractivity contribution in [3.63, 3.8) is 0 Å². The average molecular weight is 261 g/mol. The third-order valence-corrected chi connectivity index (χ3v) is 3.82. The van der Waals surface area contributed by atoms with Crippen LogP contribution in [0.1, 0.15) is 40.0 Å². The van der Waals surface area contributed by atoms with Gasteiger partial charge < -0.3 is 15.2 Å². The van der Waals surface area contributed by atoms with Crippen molar-refractivity contribution in [2.24, 2.45) is 0 Å². The van der Waals surface area contributed by atoms with Crippen molar-refractivity contribution in [2.75, 3.05) is 0 Å². The highest BCUT2D eigenvalue weighted by molar-refractivity contribution is 5.96. The van der Waals surface area contributed by atoms with Crippen LogP contribution in [-0.2, 0) is 4.74 Å². The molecule has 0 saturated carbocycles. The van der Waals surface area contributed by atoms with Gasteiger partial charge >= 0.3 is 5.97 Å². The Morgan fingerprint density at radius 2 is 1.84 bits per heavy atom. The maximum Gasteiger partial charge on any atom is 0.335 e. The van der Waals surface area contributed by atoms with Gasteiger partial charge in [-0.05, 0) is 43.5 Å². The van der Waals surface area contributed by atoms with Crippen LogP contribution in [0.15, 0.2) is 24.3 Å². The smallest absolute Gasteiger partial charge is 0.335 e. The molecule has 2 aliphatic rings. The summed E-state index contributed by atoms with van der Waals surface area (Å²) in [7, 11) is 0. The number of carboxylic acid groups (broad SMARTS) is 1. The van der Waals surface area contributed by atoms with Crippen LogP contribution in [-0.4, -0.2) is 35.2 Å². The van der Waals surface area contributed by atoms with Crippen LogP contribution in [0.3, 0.4) is 0 Å². The molecule has 3 rings (SSSR count). The van der Waals surface area contributed by atoms with Gasteiger partial charge in [0.15, 0.2) is 0 Å². The van der Waals surface area contributed by atoms with E-state index in [0.717, 1.165) is 19.3 Å². The van der Waals surface area contributed by atoms with Crippen LogP contribution in [0.4, 0.5) is 0 Å². The third kappa shape index (κ3) is 2.33. The number of ether oxygens (including phenoxy) is 1. The fraction of sp³-hybridized carbons (Fsp3) is 0.429. The second-order valence-electron chi connectivity index (χ2n) is 5.07. The van der Waals surface area contributed by atoms with E-state index in [0.29, 0.717) is 11.7 Å². The number of aromatic carboxylic acids is 1. The van der Waals surface area contributed by atoms with Crippen LogP contribution in [0.5, 0.6) is 0 Å². The molecule has 1 aromatic carbocycles. The Morgan fingerprint density at radius 3 is 2.37 bits per heavy atom. The predicted molar refractivity (Wildman–Crippen MR) is 67.2 cm³/mol. The van der Waals surface area contributed by atoms with Crippen LogP contribution in [0.2, 0.25) is 0 Å². The standard InChI is InChI=1S/C14H15NO4/c16-13(8-1-3-9(4-2-8)14(17)18)15-11-7-10-5-6-12(11)19-10/h1-4,10-12H,5-7H2,(H,15,16)(H,17,18)/t10-,11-,12+/m1/s1. The van der Waals surface area contributed by atoms with Crippen molar-refractivity contribution in [3.8, 4) is 0 Å². The fourth-order valence-corrected chi connectivity index (χ4v) is 2.81. The van der Waals surface area contributed by atoms with Gasteiger partial charge in [0.25, 0.3) is 5.91 Å². The van der Waals surface area contributed by atoms with Crippen molar-refractivity contribution in [3.05, 3.63) is 35.4 Å². The number of hydrogen-bond donors (Lipinski definition) is 2. The van der Waals surface area contributed by atoms with Gasteiger partial charge in [0.2, 0.25) is 0 Å². The number of nitrogens with one attached hydrogen (secondary N) is 1. The molecular formula is C14H15NO4. The highest BCUT2D eigenvalue weighted by Crippen LogP contribution is 2.34. The lowest BCUT2D eigenvalue weighted by molar-refractivity contribution is 0.0696. The molecule has 2 heterocycles. The van der Waals surface area contributed by atoms with E-state index in [1.165, 1.54) is 24.3 Å². The number of carboxylic acids is 1. The largest absolute Gasteiger partial charge is 0.478 e. The highest BCUT2D eigenvalue weighted by Gasteiger charge is 2.41. The minimum atomic E-state index is -0.992. The molecule has 1 aromatic rings. The second kappa shape index (κ2) is 4.66. The van der Waals surface area contributed by atoms with E-state index in [9.17, 15) is 9.59 Å². The van der Waals surface area contributed by atoms with Crippen molar-refractivity contribution in [2.45, 2.75) is 37.5 Å². The van der Waals surface area contributed by atoms with Crippen molar-refractivity contribution in [1.82, 2.24) is 5.32 Å². The molecule has 0 spiro atoms. The van der Waals surface area contributed by atoms with Crippen LogP contribution < -0.4 is 5.32 Å². The molecule has 5 heteroatoms. The van der Waals surface area contributed by atoms with E-state index in [1.807, 2.05) is 0 Å². The quantitative estimate of drug-likeness (QED) is 0.863. The molecular weight excluding hydrogens is 246 g/mol. The minimum Gasteiger partial charge on any atom is -0.478 e. The summed E-state index contributed by atoms with van der Waals surface area (Å²) in [5, 5.41) is 11.8. The van der Waals surface area contributed by atoms with Gasteiger partial charge in [-0.25, -0.2) is 4.79 Å². The maximum atomic E-state index is 12.0. The molecule has 2 bridgehead atoms. The molecule has 2 fully saturated rings. The molecule has 0 aliphatic carbocycles. The molecule has 0 radical (unpaired) electrons. The summed E-state index contributed by atoms with van der Waals surface area (Å²) >= 11 is 0. The highest BCUT2D eigenvalue weighted by atomic mass is 16.5. The average Bonchev–Trinajstić information content (AvgIpc) is 3.01. The van der Waals surface area contributed by atoms with Crippen LogP contribution in [0.25, 0.3) is 0 Å². The number of hydrogen-bond acceptors (Lipinski definition) is 3. The Kier molecular flexibility index (Phi) is 2.98. The molecule has 3 atom stereocenters.